The molecule has 5 nitrogen and oxygen atoms in total. The van der Waals surface area contributed by atoms with Crippen molar-refractivity contribution in [1.29, 1.82) is 0 Å². The van der Waals surface area contributed by atoms with E-state index in [1.165, 1.54) is 58.3 Å². The van der Waals surface area contributed by atoms with E-state index in [1.54, 1.807) is 13.8 Å². The second kappa shape index (κ2) is 13.6. The Bertz CT molecular complexity index is 1000. The topological polar surface area (TPSA) is 76.0 Å². The Balaban J connectivity index is 0.000000748. The Morgan fingerprint density at radius 2 is 1.44 bits per heavy atom. The van der Waals surface area contributed by atoms with Gasteiger partial charge in [0.25, 0.3) is 0 Å². The first-order valence-electron chi connectivity index (χ1n) is 16.3. The average molecular weight is 597 g/mol. The summed E-state index contributed by atoms with van der Waals surface area (Å²) >= 11 is 0. The molecular formula is C38H60O5. The van der Waals surface area contributed by atoms with Crippen LogP contribution >= 0.6 is 0 Å². The molecule has 5 aliphatic carbocycles. The molecule has 242 valence electrons. The monoisotopic (exact) mass is 596 g/mol. The highest BCUT2D eigenvalue weighted by atomic mass is 16.6. The van der Waals surface area contributed by atoms with Crippen LogP contribution in [0.1, 0.15) is 113 Å². The fourth-order valence-corrected chi connectivity index (χ4v) is 12.2. The Hall–Kier alpha value is -1.97. The summed E-state index contributed by atoms with van der Waals surface area (Å²) in [5, 5.41) is 17.8. The molecule has 0 aromatic heterocycles. The van der Waals surface area contributed by atoms with Crippen molar-refractivity contribution in [2.24, 2.45) is 51.2 Å². The molecule has 1 aliphatic heterocycles. The Labute approximate surface area is 263 Å². The van der Waals surface area contributed by atoms with Crippen molar-refractivity contribution in [3.8, 4) is 38.5 Å². The lowest BCUT2D eigenvalue weighted by Gasteiger charge is -2.58. The summed E-state index contributed by atoms with van der Waals surface area (Å²) in [6, 6.07) is 0. The molecule has 6 rings (SSSR count). The average Bonchev–Trinajstić information content (AvgIpc) is 3.36. The van der Waals surface area contributed by atoms with Gasteiger partial charge in [0.05, 0.1) is 17.8 Å². The van der Waals surface area contributed by atoms with Gasteiger partial charge in [-0.3, -0.25) is 4.79 Å². The fraction of sp³-hybridized carbons (Fsp3) is 0.816. The van der Waals surface area contributed by atoms with Crippen LogP contribution in [0.5, 0.6) is 0 Å². The zero-order chi connectivity index (χ0) is 33.2. The maximum Gasteiger partial charge on any atom is 0.303 e. The second-order valence-electron chi connectivity index (χ2n) is 15.3. The minimum absolute atomic E-state index is 0.209. The van der Waals surface area contributed by atoms with E-state index in [1.807, 2.05) is 0 Å². The first-order valence-corrected chi connectivity index (χ1v) is 16.3. The lowest BCUT2D eigenvalue weighted by molar-refractivity contribution is -0.200. The van der Waals surface area contributed by atoms with Gasteiger partial charge >= 0.3 is 5.97 Å². The van der Waals surface area contributed by atoms with Gasteiger partial charge in [0.15, 0.2) is 6.10 Å². The number of rotatable bonds is 3. The van der Waals surface area contributed by atoms with E-state index in [0.717, 1.165) is 43.6 Å². The molecule has 1 saturated heterocycles. The van der Waals surface area contributed by atoms with Crippen LogP contribution in [-0.2, 0) is 14.3 Å². The van der Waals surface area contributed by atoms with Gasteiger partial charge in [-0.1, -0.05) is 34.1 Å². The highest BCUT2D eigenvalue weighted by molar-refractivity contribution is 5.66. The summed E-state index contributed by atoms with van der Waals surface area (Å²) in [5.74, 6) is 3.68. The van der Waals surface area contributed by atoms with Gasteiger partial charge in [0.1, 0.15) is 0 Å². The summed E-state index contributed by atoms with van der Waals surface area (Å²) < 4.78 is 12.4. The Morgan fingerprint density at radius 1 is 0.860 bits per heavy atom. The third-order valence-corrected chi connectivity index (χ3v) is 13.4. The molecule has 0 bridgehead atoms. The highest BCUT2D eigenvalue weighted by Gasteiger charge is 2.84. The first-order chi connectivity index (χ1) is 20.3. The maximum absolute atomic E-state index is 11.8. The molecule has 43 heavy (non-hydrogen) atoms. The van der Waals surface area contributed by atoms with E-state index in [4.69, 9.17) is 14.6 Å². The lowest BCUT2D eigenvalue weighted by Crippen LogP contribution is -2.53. The smallest absolute Gasteiger partial charge is 0.303 e. The van der Waals surface area contributed by atoms with E-state index >= 15 is 0 Å². The van der Waals surface area contributed by atoms with Crippen LogP contribution in [0, 0.1) is 89.8 Å². The van der Waals surface area contributed by atoms with Gasteiger partial charge in [-0.15, -0.1) is 38.5 Å². The van der Waals surface area contributed by atoms with Gasteiger partial charge in [0.2, 0.25) is 0 Å². The third-order valence-electron chi connectivity index (χ3n) is 13.4. The number of hydrogen-bond acceptors (Lipinski definition) is 5. The van der Waals surface area contributed by atoms with Crippen LogP contribution in [0.25, 0.3) is 0 Å². The zero-order valence-electron chi connectivity index (χ0n) is 28.3. The fourth-order valence-electron chi connectivity index (χ4n) is 12.2. The summed E-state index contributed by atoms with van der Waals surface area (Å²) in [6.07, 6.45) is 36.6. The summed E-state index contributed by atoms with van der Waals surface area (Å²) in [6.45, 7) is 15.3. The summed E-state index contributed by atoms with van der Waals surface area (Å²) in [5.41, 5.74) is 0.961. The number of aliphatic hydroxyl groups is 2. The second-order valence-corrected chi connectivity index (χ2v) is 15.3. The third kappa shape index (κ3) is 5.56. The van der Waals surface area contributed by atoms with E-state index in [-0.39, 0.29) is 18.2 Å². The van der Waals surface area contributed by atoms with Crippen molar-refractivity contribution < 1.29 is 24.5 Å². The molecule has 5 heteroatoms. The molecule has 5 unspecified atom stereocenters. The van der Waals surface area contributed by atoms with Crippen LogP contribution in [-0.4, -0.2) is 47.2 Å². The molecule has 2 N–H and O–H groups in total. The predicted octanol–water partition coefficient (Wildman–Crippen LogP) is 6.89. The SMILES string of the molecule is C#C.C#C.C#C.CC(=O)O[C@@H]([C@H]1CCC2C(CC3[C@@H]4CCC5C(C)(C)CCCC56[C@@H](C)[C@@]46CC[C@]23C)O1)C(C)(C)O.CO. The molecule has 6 aliphatic rings. The van der Waals surface area contributed by atoms with Crippen LogP contribution in [0.3, 0.4) is 0 Å². The number of carbonyl (C=O) groups is 1. The van der Waals surface area contributed by atoms with Crippen LogP contribution in [0.2, 0.25) is 0 Å². The van der Waals surface area contributed by atoms with Crippen molar-refractivity contribution in [3.63, 3.8) is 0 Å². The van der Waals surface area contributed by atoms with Crippen molar-refractivity contribution in [3.05, 3.63) is 0 Å². The van der Waals surface area contributed by atoms with E-state index in [2.05, 4.69) is 66.2 Å². The van der Waals surface area contributed by atoms with Crippen molar-refractivity contribution in [2.75, 3.05) is 7.11 Å². The van der Waals surface area contributed by atoms with E-state index in [0.29, 0.717) is 27.6 Å². The summed E-state index contributed by atoms with van der Waals surface area (Å²) in [4.78, 5) is 11.8. The number of hydrogen-bond donors (Lipinski definition) is 2. The van der Waals surface area contributed by atoms with Crippen LogP contribution in [0.15, 0.2) is 0 Å². The minimum Gasteiger partial charge on any atom is -0.457 e. The number of ether oxygens (including phenoxy) is 2. The first kappa shape index (κ1) is 37.2. The highest BCUT2D eigenvalue weighted by Crippen LogP contribution is 2.89. The Kier molecular flexibility index (Phi) is 11.7. The number of esters is 1. The normalized spacial score (nSPS) is 43.2. The number of carbonyl (C=O) groups excluding carboxylic acids is 1. The van der Waals surface area contributed by atoms with Gasteiger partial charge in [0, 0.05) is 14.0 Å². The molecule has 0 aromatic rings. The van der Waals surface area contributed by atoms with Crippen LogP contribution in [0.4, 0.5) is 0 Å². The molecule has 11 atom stereocenters. The van der Waals surface area contributed by atoms with Gasteiger partial charge < -0.3 is 19.7 Å². The minimum atomic E-state index is -1.11. The lowest BCUT2D eigenvalue weighted by atomic mass is 9.46. The molecule has 0 amide bonds. The van der Waals surface area contributed by atoms with E-state index < -0.39 is 11.7 Å². The maximum atomic E-state index is 11.8. The predicted molar refractivity (Wildman–Crippen MR) is 174 cm³/mol. The Morgan fingerprint density at radius 3 is 2.00 bits per heavy atom. The molecule has 6 fully saturated rings. The summed E-state index contributed by atoms with van der Waals surface area (Å²) in [7, 11) is 1.00. The molecule has 1 heterocycles. The number of aliphatic hydroxyl groups excluding tert-OH is 1. The molecule has 5 saturated carbocycles. The molecule has 0 radical (unpaired) electrons. The van der Waals surface area contributed by atoms with Crippen LogP contribution < -0.4 is 0 Å². The molecule has 0 aromatic carbocycles. The van der Waals surface area contributed by atoms with Gasteiger partial charge in [-0.05, 0) is 123 Å². The van der Waals surface area contributed by atoms with Crippen molar-refractivity contribution >= 4 is 5.97 Å². The number of fused-ring (bicyclic) bond motifs is 4. The van der Waals surface area contributed by atoms with Gasteiger partial charge in [-0.25, -0.2) is 0 Å². The quantitative estimate of drug-likeness (QED) is 0.274. The van der Waals surface area contributed by atoms with E-state index in [9.17, 15) is 9.90 Å². The largest absolute Gasteiger partial charge is 0.457 e. The number of terminal acetylenes is 3. The van der Waals surface area contributed by atoms with Crippen molar-refractivity contribution in [2.45, 2.75) is 137 Å². The molecule has 2 spiro atoms. The van der Waals surface area contributed by atoms with Gasteiger partial charge in [-0.2, -0.15) is 0 Å². The standard InChI is InChI=1S/C31H50O4.3C2H2.CH4O/c1-18-30-16-15-29(7)21-9-11-23(26(28(5,6)33)34-19(2)32)35-24(21)17-22(29)20(30)10-12-25-27(3,4)13-8-14-31(18,25)30;4*1-2/h18,20-26,33H,8-17H2,1-7H3;3*1-2H;2H,1H3/t18-,20-,21?,22?,23+,24?,25?,26-,29+,30-,31?;;;;/m0..../s1. The molecular weight excluding hydrogens is 536 g/mol. The van der Waals surface area contributed by atoms with Crippen molar-refractivity contribution in [1.82, 2.24) is 0 Å². The zero-order valence-corrected chi connectivity index (χ0v) is 28.3.